The quantitative estimate of drug-likeness (QED) is 0.421. The van der Waals surface area contributed by atoms with E-state index in [1.54, 1.807) is 10.8 Å². The Kier molecular flexibility index (Phi) is 8.04. The van der Waals surface area contributed by atoms with E-state index in [1.807, 2.05) is 23.7 Å². The van der Waals surface area contributed by atoms with E-state index in [-0.39, 0.29) is 28.8 Å². The van der Waals surface area contributed by atoms with Crippen LogP contribution >= 0.6 is 11.8 Å². The molecule has 5 N–H and O–H groups in total. The molecule has 41 heavy (non-hydrogen) atoms. The topological polar surface area (TPSA) is 97.0 Å². The summed E-state index contributed by atoms with van der Waals surface area (Å²) in [5.74, 6) is 1.79. The highest BCUT2D eigenvalue weighted by atomic mass is 32.2. The zero-order valence-corrected chi connectivity index (χ0v) is 24.9. The second kappa shape index (κ2) is 11.2. The SMILES string of the molecule is CC1CC(C2CCCC(n3cc4c(C(F)(F)F)cc(CN5CCC6NCSC6C5)cn4c3=O)C2)(C(N)N(C)CN)C1. The van der Waals surface area contributed by atoms with Gasteiger partial charge in [-0.1, -0.05) is 13.3 Å². The first-order chi connectivity index (χ1) is 19.5. The number of nitrogens with two attached hydrogens (primary N) is 2. The lowest BCUT2D eigenvalue weighted by Crippen LogP contribution is -2.62. The number of pyridine rings is 1. The van der Waals surface area contributed by atoms with Crippen molar-refractivity contribution in [2.24, 2.45) is 28.7 Å². The van der Waals surface area contributed by atoms with Gasteiger partial charge >= 0.3 is 11.9 Å². The summed E-state index contributed by atoms with van der Waals surface area (Å²) in [7, 11) is 1.95. The molecule has 5 unspecified atom stereocenters. The van der Waals surface area contributed by atoms with Gasteiger partial charge in [0.15, 0.2) is 0 Å². The van der Waals surface area contributed by atoms with E-state index in [0.29, 0.717) is 41.9 Å². The molecule has 12 heteroatoms. The fourth-order valence-electron chi connectivity index (χ4n) is 8.43. The summed E-state index contributed by atoms with van der Waals surface area (Å²) in [6.07, 6.45) is 4.81. The summed E-state index contributed by atoms with van der Waals surface area (Å²) in [5, 5.41) is 3.95. The first-order valence-electron chi connectivity index (χ1n) is 15.1. The van der Waals surface area contributed by atoms with Crippen LogP contribution in [0.15, 0.2) is 23.3 Å². The number of hydrogen-bond donors (Lipinski definition) is 3. The van der Waals surface area contributed by atoms with Crippen LogP contribution in [0.4, 0.5) is 13.2 Å². The van der Waals surface area contributed by atoms with Crippen LogP contribution < -0.4 is 22.5 Å². The van der Waals surface area contributed by atoms with E-state index in [0.717, 1.165) is 63.9 Å². The summed E-state index contributed by atoms with van der Waals surface area (Å²) in [4.78, 5) is 18.0. The van der Waals surface area contributed by atoms with Crippen LogP contribution in [0.25, 0.3) is 5.52 Å². The van der Waals surface area contributed by atoms with Gasteiger partial charge in [0.25, 0.3) is 0 Å². The summed E-state index contributed by atoms with van der Waals surface area (Å²) in [6.45, 7) is 4.67. The fraction of sp³-hybridized carbons (Fsp3) is 0.759. The zero-order chi connectivity index (χ0) is 29.1. The largest absolute Gasteiger partial charge is 0.418 e. The number of halogens is 3. The Morgan fingerprint density at radius 2 is 2.02 bits per heavy atom. The molecule has 0 radical (unpaired) electrons. The first kappa shape index (κ1) is 29.5. The van der Waals surface area contributed by atoms with Crippen molar-refractivity contribution in [2.75, 3.05) is 32.7 Å². The van der Waals surface area contributed by atoms with Gasteiger partial charge in [0.05, 0.1) is 17.2 Å². The minimum Gasteiger partial charge on any atom is -0.318 e. The Bertz CT molecular complexity index is 1310. The molecular formula is C29H44F3N7OS. The number of fused-ring (bicyclic) bond motifs is 2. The highest BCUT2D eigenvalue weighted by Gasteiger charge is 2.53. The molecule has 5 atom stereocenters. The van der Waals surface area contributed by atoms with Gasteiger partial charge in [0, 0.05) is 67.3 Å². The smallest absolute Gasteiger partial charge is 0.318 e. The number of aromatic nitrogens is 2. The third-order valence-electron chi connectivity index (χ3n) is 10.5. The predicted molar refractivity (Wildman–Crippen MR) is 156 cm³/mol. The Labute approximate surface area is 244 Å². The molecule has 2 saturated heterocycles. The lowest BCUT2D eigenvalue weighted by Gasteiger charge is -2.58. The van der Waals surface area contributed by atoms with Crippen LogP contribution in [0.3, 0.4) is 0 Å². The lowest BCUT2D eigenvalue weighted by atomic mass is 9.51. The van der Waals surface area contributed by atoms with E-state index >= 15 is 0 Å². The van der Waals surface area contributed by atoms with Gasteiger partial charge in [0.1, 0.15) is 0 Å². The maximum absolute atomic E-state index is 14.4. The van der Waals surface area contributed by atoms with Crippen molar-refractivity contribution >= 4 is 17.3 Å². The molecule has 6 rings (SSSR count). The number of alkyl halides is 3. The van der Waals surface area contributed by atoms with Gasteiger partial charge in [-0.25, -0.2) is 4.79 Å². The molecule has 0 aromatic carbocycles. The van der Waals surface area contributed by atoms with Gasteiger partial charge in [-0.15, -0.1) is 11.8 Å². The molecular weight excluding hydrogens is 551 g/mol. The molecule has 2 aliphatic carbocycles. The maximum Gasteiger partial charge on any atom is 0.418 e. The van der Waals surface area contributed by atoms with E-state index < -0.39 is 11.7 Å². The van der Waals surface area contributed by atoms with Crippen LogP contribution in [0, 0.1) is 17.3 Å². The average molecular weight is 596 g/mol. The highest BCUT2D eigenvalue weighted by molar-refractivity contribution is 8.00. The summed E-state index contributed by atoms with van der Waals surface area (Å²) in [6, 6.07) is 1.58. The number of imidazole rings is 1. The van der Waals surface area contributed by atoms with Crippen molar-refractivity contribution in [2.45, 2.75) is 88.1 Å². The monoisotopic (exact) mass is 595 g/mol. The van der Waals surface area contributed by atoms with Crippen LogP contribution in [-0.2, 0) is 12.7 Å². The second-order valence-corrected chi connectivity index (χ2v) is 14.4. The van der Waals surface area contributed by atoms with Crippen molar-refractivity contribution in [3.63, 3.8) is 0 Å². The van der Waals surface area contributed by atoms with Crippen LogP contribution in [0.2, 0.25) is 0 Å². The summed E-state index contributed by atoms with van der Waals surface area (Å²) in [5.41, 5.74) is 12.0. The number of hydrogen-bond acceptors (Lipinski definition) is 7. The highest BCUT2D eigenvalue weighted by Crippen LogP contribution is 2.58. The number of likely N-dealkylation sites (tertiary alicyclic amines) is 1. The van der Waals surface area contributed by atoms with Gasteiger partial charge in [-0.2, -0.15) is 13.2 Å². The molecule has 0 spiro atoms. The van der Waals surface area contributed by atoms with Crippen molar-refractivity contribution < 1.29 is 13.2 Å². The molecule has 228 valence electrons. The van der Waals surface area contributed by atoms with Crippen LogP contribution in [0.1, 0.15) is 69.0 Å². The van der Waals surface area contributed by atoms with Crippen molar-refractivity contribution in [3.05, 3.63) is 40.1 Å². The summed E-state index contributed by atoms with van der Waals surface area (Å²) >= 11 is 1.88. The number of nitrogens with one attached hydrogen (secondary N) is 1. The maximum atomic E-state index is 14.4. The third kappa shape index (κ3) is 5.37. The Morgan fingerprint density at radius 1 is 1.24 bits per heavy atom. The molecule has 2 aromatic heterocycles. The predicted octanol–water partition coefficient (Wildman–Crippen LogP) is 3.64. The molecule has 0 amide bonds. The molecule has 4 aliphatic rings. The molecule has 0 bridgehead atoms. The number of thioether (sulfide) groups is 1. The minimum atomic E-state index is -4.56. The second-order valence-electron chi connectivity index (χ2n) is 13.2. The number of piperidine rings is 1. The summed E-state index contributed by atoms with van der Waals surface area (Å²) < 4.78 is 45.9. The van der Waals surface area contributed by atoms with Crippen LogP contribution in [-0.4, -0.2) is 68.9 Å². The van der Waals surface area contributed by atoms with Crippen LogP contribution in [0.5, 0.6) is 0 Å². The van der Waals surface area contributed by atoms with E-state index in [9.17, 15) is 18.0 Å². The molecule has 2 saturated carbocycles. The average Bonchev–Trinajstić information content (AvgIpc) is 3.53. The number of nitrogens with zero attached hydrogens (tertiary/aromatic N) is 4. The van der Waals surface area contributed by atoms with E-state index in [2.05, 4.69) is 17.1 Å². The van der Waals surface area contributed by atoms with Crippen molar-refractivity contribution in [1.29, 1.82) is 0 Å². The Morgan fingerprint density at radius 3 is 2.73 bits per heavy atom. The van der Waals surface area contributed by atoms with Gasteiger partial charge < -0.3 is 16.8 Å². The lowest BCUT2D eigenvalue weighted by molar-refractivity contribution is -0.136. The van der Waals surface area contributed by atoms with E-state index in [4.69, 9.17) is 11.5 Å². The zero-order valence-electron chi connectivity index (χ0n) is 24.1. The Balaban J connectivity index is 1.29. The molecule has 8 nitrogen and oxygen atoms in total. The Hall–Kier alpha value is -1.57. The van der Waals surface area contributed by atoms with Crippen molar-refractivity contribution in [1.82, 2.24) is 24.1 Å². The normalized spacial score (nSPS) is 33.7. The van der Waals surface area contributed by atoms with Gasteiger partial charge in [-0.05, 0) is 69.0 Å². The number of rotatable bonds is 7. The molecule has 4 heterocycles. The van der Waals surface area contributed by atoms with Gasteiger partial charge in [0.2, 0.25) is 0 Å². The minimum absolute atomic E-state index is 0.0609. The molecule has 2 aliphatic heterocycles. The first-order valence-corrected chi connectivity index (χ1v) is 16.1. The fourth-order valence-corrected chi connectivity index (χ4v) is 9.74. The van der Waals surface area contributed by atoms with Gasteiger partial charge in [-0.3, -0.25) is 18.8 Å². The third-order valence-corrected chi connectivity index (χ3v) is 11.7. The standard InChI is InChI=1S/C29H44F3N7OS/c1-18-10-28(11-18,26(34)36(2)16-33)20-4-3-5-21(9-20)38-14-24-22(29(30,31)32)8-19(13-39(24)27(38)40)12-37-7-6-23-25(15-37)41-17-35-23/h8,13-14,18,20-21,23,25-26,35H,3-7,9-12,15-17,33-34H2,1-2H3. The molecule has 2 aromatic rings. The van der Waals surface area contributed by atoms with Crippen molar-refractivity contribution in [3.8, 4) is 0 Å². The van der Waals surface area contributed by atoms with E-state index in [1.165, 1.54) is 16.7 Å². The molecule has 4 fully saturated rings.